The van der Waals surface area contributed by atoms with Crippen LogP contribution in [0.2, 0.25) is 0 Å². The summed E-state index contributed by atoms with van der Waals surface area (Å²) in [6.07, 6.45) is 1.81. The number of fused-ring (bicyclic) bond motifs is 1. The molecule has 0 bridgehead atoms. The summed E-state index contributed by atoms with van der Waals surface area (Å²) in [6.45, 7) is 3.65. The zero-order chi connectivity index (χ0) is 18.6. The summed E-state index contributed by atoms with van der Waals surface area (Å²) in [5, 5.41) is 3.07. The van der Waals surface area contributed by atoms with Gasteiger partial charge in [0.05, 0.1) is 0 Å². The lowest BCUT2D eigenvalue weighted by atomic mass is 9.95. The summed E-state index contributed by atoms with van der Waals surface area (Å²) in [5.74, 6) is 1.77. The van der Waals surface area contributed by atoms with Crippen molar-refractivity contribution < 1.29 is 14.3 Å². The lowest BCUT2D eigenvalue weighted by molar-refractivity contribution is -0.126. The number of likely N-dealkylation sites (tertiary alicyclic amines) is 1. The molecule has 2 aromatic rings. The van der Waals surface area contributed by atoms with Gasteiger partial charge in [-0.3, -0.25) is 9.69 Å². The monoisotopic (exact) mass is 430 g/mol. The lowest BCUT2D eigenvalue weighted by Crippen LogP contribution is -2.40. The Hall–Kier alpha value is -2.05. The SMILES string of the molecule is O=C(NCc1ccc2c(c1)OCO2)C1CCN(Cc2ccc(Br)cc2)CC1. The summed E-state index contributed by atoms with van der Waals surface area (Å²) >= 11 is 3.47. The zero-order valence-electron chi connectivity index (χ0n) is 15.1. The van der Waals surface area contributed by atoms with Crippen LogP contribution in [0.5, 0.6) is 11.5 Å². The fourth-order valence-corrected chi connectivity index (χ4v) is 3.85. The number of rotatable bonds is 5. The molecule has 0 spiro atoms. The van der Waals surface area contributed by atoms with Crippen molar-refractivity contribution >= 4 is 21.8 Å². The van der Waals surface area contributed by atoms with Crippen LogP contribution in [-0.4, -0.2) is 30.7 Å². The van der Waals surface area contributed by atoms with E-state index in [2.05, 4.69) is 50.4 Å². The summed E-state index contributed by atoms with van der Waals surface area (Å²) < 4.78 is 11.8. The molecular formula is C21H23BrN2O3. The van der Waals surface area contributed by atoms with Gasteiger partial charge < -0.3 is 14.8 Å². The number of benzene rings is 2. The van der Waals surface area contributed by atoms with E-state index in [9.17, 15) is 4.79 Å². The van der Waals surface area contributed by atoms with E-state index < -0.39 is 0 Å². The largest absolute Gasteiger partial charge is 0.454 e. The molecule has 4 rings (SSSR count). The predicted molar refractivity (Wildman–Crippen MR) is 107 cm³/mol. The highest BCUT2D eigenvalue weighted by Gasteiger charge is 2.25. The minimum absolute atomic E-state index is 0.0974. The number of piperidine rings is 1. The first-order valence-corrected chi connectivity index (χ1v) is 10.1. The van der Waals surface area contributed by atoms with Gasteiger partial charge in [0, 0.05) is 23.5 Å². The van der Waals surface area contributed by atoms with Crippen LogP contribution in [0.25, 0.3) is 0 Å². The fourth-order valence-electron chi connectivity index (χ4n) is 3.59. The standard InChI is InChI=1S/C21H23BrN2O3/c22-18-4-1-15(2-5-18)13-24-9-7-17(8-10-24)21(25)23-12-16-3-6-19-20(11-16)27-14-26-19/h1-6,11,17H,7-10,12-14H2,(H,23,25). The number of amides is 1. The van der Waals surface area contributed by atoms with Gasteiger partial charge in [0.15, 0.2) is 11.5 Å². The van der Waals surface area contributed by atoms with Gasteiger partial charge in [-0.05, 0) is 61.3 Å². The Morgan fingerprint density at radius 1 is 1.04 bits per heavy atom. The molecule has 0 radical (unpaired) electrons. The number of hydrogen-bond acceptors (Lipinski definition) is 4. The molecular weight excluding hydrogens is 408 g/mol. The van der Waals surface area contributed by atoms with Gasteiger partial charge in [0.1, 0.15) is 0 Å². The highest BCUT2D eigenvalue weighted by atomic mass is 79.9. The van der Waals surface area contributed by atoms with Gasteiger partial charge in [0.25, 0.3) is 0 Å². The van der Waals surface area contributed by atoms with E-state index in [4.69, 9.17) is 9.47 Å². The molecule has 0 saturated carbocycles. The van der Waals surface area contributed by atoms with Crippen molar-refractivity contribution in [1.82, 2.24) is 10.2 Å². The maximum Gasteiger partial charge on any atom is 0.231 e. The maximum absolute atomic E-state index is 12.5. The summed E-state index contributed by atoms with van der Waals surface area (Å²) in [6, 6.07) is 14.2. The van der Waals surface area contributed by atoms with Crippen LogP contribution in [0.3, 0.4) is 0 Å². The Labute approximate surface area is 167 Å². The predicted octanol–water partition coefficient (Wildman–Crippen LogP) is 3.71. The van der Waals surface area contributed by atoms with Crippen molar-refractivity contribution in [2.24, 2.45) is 5.92 Å². The van der Waals surface area contributed by atoms with E-state index in [1.54, 1.807) is 0 Å². The van der Waals surface area contributed by atoms with Gasteiger partial charge in [-0.1, -0.05) is 34.1 Å². The lowest BCUT2D eigenvalue weighted by Gasteiger charge is -2.31. The summed E-state index contributed by atoms with van der Waals surface area (Å²) in [4.78, 5) is 14.9. The first-order valence-electron chi connectivity index (χ1n) is 9.30. The van der Waals surface area contributed by atoms with Crippen LogP contribution in [-0.2, 0) is 17.9 Å². The number of ether oxygens (including phenoxy) is 2. The van der Waals surface area contributed by atoms with E-state index in [-0.39, 0.29) is 18.6 Å². The van der Waals surface area contributed by atoms with Crippen LogP contribution >= 0.6 is 15.9 Å². The molecule has 5 nitrogen and oxygen atoms in total. The third-order valence-electron chi connectivity index (χ3n) is 5.18. The number of carbonyl (C=O) groups is 1. The molecule has 2 aliphatic rings. The van der Waals surface area contributed by atoms with Gasteiger partial charge in [-0.25, -0.2) is 0 Å². The molecule has 1 N–H and O–H groups in total. The average molecular weight is 431 g/mol. The van der Waals surface area contributed by atoms with Crippen molar-refractivity contribution in [3.05, 3.63) is 58.1 Å². The second kappa shape index (κ2) is 8.31. The molecule has 0 aromatic heterocycles. The Bertz CT molecular complexity index is 802. The fraction of sp³-hybridized carbons (Fsp3) is 0.381. The molecule has 1 fully saturated rings. The van der Waals surface area contributed by atoms with E-state index >= 15 is 0 Å². The molecule has 0 aliphatic carbocycles. The molecule has 1 saturated heterocycles. The normalized spacial score (nSPS) is 17.1. The number of halogens is 1. The van der Waals surface area contributed by atoms with E-state index in [1.165, 1.54) is 5.56 Å². The topological polar surface area (TPSA) is 50.8 Å². The molecule has 6 heteroatoms. The molecule has 2 aromatic carbocycles. The quantitative estimate of drug-likeness (QED) is 0.785. The van der Waals surface area contributed by atoms with Gasteiger partial charge in [-0.2, -0.15) is 0 Å². The van der Waals surface area contributed by atoms with Gasteiger partial charge in [-0.15, -0.1) is 0 Å². The van der Waals surface area contributed by atoms with Crippen molar-refractivity contribution in [3.63, 3.8) is 0 Å². The highest BCUT2D eigenvalue weighted by molar-refractivity contribution is 9.10. The van der Waals surface area contributed by atoms with Crippen molar-refractivity contribution in [2.45, 2.75) is 25.9 Å². The molecule has 142 valence electrons. The van der Waals surface area contributed by atoms with Crippen molar-refractivity contribution in [1.29, 1.82) is 0 Å². The summed E-state index contributed by atoms with van der Waals surface area (Å²) in [7, 11) is 0. The smallest absolute Gasteiger partial charge is 0.231 e. The molecule has 2 heterocycles. The molecule has 27 heavy (non-hydrogen) atoms. The Morgan fingerprint density at radius 3 is 2.52 bits per heavy atom. The van der Waals surface area contributed by atoms with Crippen LogP contribution in [0.1, 0.15) is 24.0 Å². The number of carbonyl (C=O) groups excluding carboxylic acids is 1. The third-order valence-corrected chi connectivity index (χ3v) is 5.71. The van der Waals surface area contributed by atoms with Crippen molar-refractivity contribution in [3.8, 4) is 11.5 Å². The second-order valence-electron chi connectivity index (χ2n) is 7.08. The van der Waals surface area contributed by atoms with Crippen LogP contribution < -0.4 is 14.8 Å². The second-order valence-corrected chi connectivity index (χ2v) is 8.00. The van der Waals surface area contributed by atoms with Crippen LogP contribution in [0, 0.1) is 5.92 Å². The minimum Gasteiger partial charge on any atom is -0.454 e. The van der Waals surface area contributed by atoms with E-state index in [1.807, 2.05) is 18.2 Å². The first-order chi connectivity index (χ1) is 13.2. The summed E-state index contributed by atoms with van der Waals surface area (Å²) in [5.41, 5.74) is 2.34. The maximum atomic E-state index is 12.5. The average Bonchev–Trinajstić information content (AvgIpc) is 3.16. The van der Waals surface area contributed by atoms with Gasteiger partial charge >= 0.3 is 0 Å². The molecule has 1 amide bonds. The first kappa shape index (κ1) is 18.3. The van der Waals surface area contributed by atoms with Crippen LogP contribution in [0.4, 0.5) is 0 Å². The van der Waals surface area contributed by atoms with Gasteiger partial charge in [0.2, 0.25) is 12.7 Å². The number of hydrogen-bond donors (Lipinski definition) is 1. The molecule has 2 aliphatic heterocycles. The Balaban J connectivity index is 1.23. The highest BCUT2D eigenvalue weighted by Crippen LogP contribution is 2.32. The Morgan fingerprint density at radius 2 is 1.74 bits per heavy atom. The van der Waals surface area contributed by atoms with E-state index in [0.717, 1.165) is 54.0 Å². The van der Waals surface area contributed by atoms with E-state index in [0.29, 0.717) is 6.54 Å². The molecule has 0 atom stereocenters. The zero-order valence-corrected chi connectivity index (χ0v) is 16.7. The minimum atomic E-state index is 0.0974. The van der Waals surface area contributed by atoms with Crippen LogP contribution in [0.15, 0.2) is 46.9 Å². The molecule has 0 unspecified atom stereocenters. The van der Waals surface area contributed by atoms with Crippen molar-refractivity contribution in [2.75, 3.05) is 19.9 Å². The number of nitrogens with zero attached hydrogens (tertiary/aromatic N) is 1. The third kappa shape index (κ3) is 4.62. The number of nitrogens with one attached hydrogen (secondary N) is 1. The Kier molecular flexibility index (Phi) is 5.64.